The average Bonchev–Trinajstić information content (AvgIpc) is 2.95. The van der Waals surface area contributed by atoms with Gasteiger partial charge in [0.25, 0.3) is 0 Å². The second kappa shape index (κ2) is 6.61. The number of carbonyl (C=O) groups is 1. The van der Waals surface area contributed by atoms with Crippen molar-refractivity contribution in [1.82, 2.24) is 4.90 Å². The van der Waals surface area contributed by atoms with Gasteiger partial charge in [0.2, 0.25) is 5.91 Å². The number of carbonyl (C=O) groups excluding carboxylic acids is 1. The van der Waals surface area contributed by atoms with Crippen LogP contribution in [0.15, 0.2) is 18.2 Å². The van der Waals surface area contributed by atoms with Gasteiger partial charge >= 0.3 is 0 Å². The van der Waals surface area contributed by atoms with Gasteiger partial charge in [0.1, 0.15) is 0 Å². The number of aryl methyl sites for hydroxylation is 2. The molecule has 114 valence electrons. The minimum absolute atomic E-state index is 0.112. The van der Waals surface area contributed by atoms with Crippen LogP contribution < -0.4 is 5.32 Å². The number of nitrogens with zero attached hydrogens (tertiary/aromatic N) is 1. The molecule has 0 radical (unpaired) electrons. The fourth-order valence-electron chi connectivity index (χ4n) is 3.73. The van der Waals surface area contributed by atoms with Gasteiger partial charge in [-0.05, 0) is 62.4 Å². The van der Waals surface area contributed by atoms with E-state index in [1.807, 2.05) is 6.07 Å². The zero-order valence-electron chi connectivity index (χ0n) is 13.0. The van der Waals surface area contributed by atoms with E-state index < -0.39 is 0 Å². The molecular formula is C18H26N2O. The van der Waals surface area contributed by atoms with Gasteiger partial charge in [0.05, 0.1) is 6.54 Å². The first-order chi connectivity index (χ1) is 10.2. The van der Waals surface area contributed by atoms with Crippen LogP contribution in [-0.4, -0.2) is 30.4 Å². The summed E-state index contributed by atoms with van der Waals surface area (Å²) in [5, 5.41) is 3.06. The van der Waals surface area contributed by atoms with E-state index in [4.69, 9.17) is 0 Å². The summed E-state index contributed by atoms with van der Waals surface area (Å²) in [5.74, 6) is 0.112. The first-order valence-corrected chi connectivity index (χ1v) is 8.34. The van der Waals surface area contributed by atoms with E-state index in [2.05, 4.69) is 29.4 Å². The summed E-state index contributed by atoms with van der Waals surface area (Å²) in [6.07, 6.45) is 10.0. The normalized spacial score (nSPS) is 18.8. The van der Waals surface area contributed by atoms with E-state index in [0.29, 0.717) is 12.6 Å². The lowest BCUT2D eigenvalue weighted by molar-refractivity contribution is -0.117. The summed E-state index contributed by atoms with van der Waals surface area (Å²) in [4.78, 5) is 14.4. The van der Waals surface area contributed by atoms with Crippen molar-refractivity contribution in [3.05, 3.63) is 29.3 Å². The molecule has 21 heavy (non-hydrogen) atoms. The zero-order chi connectivity index (χ0) is 14.7. The first-order valence-electron chi connectivity index (χ1n) is 8.34. The maximum Gasteiger partial charge on any atom is 0.238 e. The Morgan fingerprint density at radius 1 is 1.14 bits per heavy atom. The molecule has 3 nitrogen and oxygen atoms in total. The Labute approximate surface area is 127 Å². The molecule has 3 rings (SSSR count). The van der Waals surface area contributed by atoms with Gasteiger partial charge in [-0.25, -0.2) is 0 Å². The summed E-state index contributed by atoms with van der Waals surface area (Å²) in [6, 6.07) is 6.95. The van der Waals surface area contributed by atoms with Crippen molar-refractivity contribution >= 4 is 11.6 Å². The Morgan fingerprint density at radius 2 is 1.90 bits per heavy atom. The Hall–Kier alpha value is -1.35. The number of anilines is 1. The standard InChI is InChI=1S/C18H26N2O/c1-20(17-8-3-2-4-9-17)13-18(21)19-16-11-10-14-6-5-7-15(14)12-16/h10-12,17H,2-9,13H2,1H3,(H,19,21). The van der Waals surface area contributed by atoms with E-state index in [0.717, 1.165) is 12.1 Å². The number of likely N-dealkylation sites (N-methyl/N-ethyl adjacent to an activating group) is 1. The highest BCUT2D eigenvalue weighted by molar-refractivity contribution is 5.92. The van der Waals surface area contributed by atoms with Crippen LogP contribution in [0, 0.1) is 0 Å². The predicted molar refractivity (Wildman–Crippen MR) is 86.6 cm³/mol. The molecule has 0 bridgehead atoms. The molecule has 3 heteroatoms. The fraction of sp³-hybridized carbons (Fsp3) is 0.611. The molecule has 1 fully saturated rings. The third-order valence-electron chi connectivity index (χ3n) is 4.97. The Morgan fingerprint density at radius 3 is 2.71 bits per heavy atom. The van der Waals surface area contributed by atoms with Crippen molar-refractivity contribution in [2.45, 2.75) is 57.4 Å². The average molecular weight is 286 g/mol. The van der Waals surface area contributed by atoms with E-state index in [1.54, 1.807) is 0 Å². The summed E-state index contributed by atoms with van der Waals surface area (Å²) >= 11 is 0. The monoisotopic (exact) mass is 286 g/mol. The van der Waals surface area contributed by atoms with E-state index in [9.17, 15) is 4.79 Å². The van der Waals surface area contributed by atoms with Crippen LogP contribution >= 0.6 is 0 Å². The molecule has 0 atom stereocenters. The second-order valence-corrected chi connectivity index (χ2v) is 6.59. The maximum atomic E-state index is 12.2. The summed E-state index contributed by atoms with van der Waals surface area (Å²) in [7, 11) is 2.08. The zero-order valence-corrected chi connectivity index (χ0v) is 13.0. The topological polar surface area (TPSA) is 32.3 Å². The smallest absolute Gasteiger partial charge is 0.238 e. The fourth-order valence-corrected chi connectivity index (χ4v) is 3.73. The minimum atomic E-state index is 0.112. The first kappa shape index (κ1) is 14.6. The number of hydrogen-bond acceptors (Lipinski definition) is 2. The highest BCUT2D eigenvalue weighted by Crippen LogP contribution is 2.25. The summed E-state index contributed by atoms with van der Waals surface area (Å²) < 4.78 is 0. The molecule has 0 aliphatic heterocycles. The maximum absolute atomic E-state index is 12.2. The van der Waals surface area contributed by atoms with Gasteiger partial charge < -0.3 is 5.32 Å². The van der Waals surface area contributed by atoms with Crippen molar-refractivity contribution in [3.63, 3.8) is 0 Å². The highest BCUT2D eigenvalue weighted by Gasteiger charge is 2.20. The van der Waals surface area contributed by atoms with Gasteiger partial charge in [0.15, 0.2) is 0 Å². The SMILES string of the molecule is CN(CC(=O)Nc1ccc2c(c1)CCC2)C1CCCCC1. The molecule has 1 aromatic carbocycles. The van der Waals surface area contributed by atoms with Gasteiger partial charge in [-0.3, -0.25) is 9.69 Å². The molecule has 1 saturated carbocycles. The lowest BCUT2D eigenvalue weighted by atomic mass is 9.94. The number of rotatable bonds is 4. The van der Waals surface area contributed by atoms with Crippen LogP contribution in [0.4, 0.5) is 5.69 Å². The molecule has 0 spiro atoms. The highest BCUT2D eigenvalue weighted by atomic mass is 16.2. The summed E-state index contributed by atoms with van der Waals surface area (Å²) in [5.41, 5.74) is 3.82. The predicted octanol–water partition coefficient (Wildman–Crippen LogP) is 3.38. The molecule has 1 aromatic rings. The van der Waals surface area contributed by atoms with Crippen molar-refractivity contribution in [1.29, 1.82) is 0 Å². The molecule has 2 aliphatic carbocycles. The van der Waals surface area contributed by atoms with E-state index >= 15 is 0 Å². The van der Waals surface area contributed by atoms with Crippen LogP contribution in [-0.2, 0) is 17.6 Å². The minimum Gasteiger partial charge on any atom is -0.325 e. The van der Waals surface area contributed by atoms with Gasteiger partial charge in [0, 0.05) is 11.7 Å². The Bertz CT molecular complexity index is 506. The van der Waals surface area contributed by atoms with Crippen LogP contribution in [0.5, 0.6) is 0 Å². The van der Waals surface area contributed by atoms with E-state index in [1.165, 1.54) is 56.1 Å². The van der Waals surface area contributed by atoms with Crippen LogP contribution in [0.1, 0.15) is 49.7 Å². The van der Waals surface area contributed by atoms with Crippen LogP contribution in [0.25, 0.3) is 0 Å². The molecule has 2 aliphatic rings. The van der Waals surface area contributed by atoms with Crippen molar-refractivity contribution in [3.8, 4) is 0 Å². The number of hydrogen-bond donors (Lipinski definition) is 1. The van der Waals surface area contributed by atoms with Gasteiger partial charge in [-0.15, -0.1) is 0 Å². The van der Waals surface area contributed by atoms with Gasteiger partial charge in [-0.2, -0.15) is 0 Å². The molecule has 1 N–H and O–H groups in total. The van der Waals surface area contributed by atoms with Crippen LogP contribution in [0.3, 0.4) is 0 Å². The molecule has 0 saturated heterocycles. The van der Waals surface area contributed by atoms with Crippen molar-refractivity contribution < 1.29 is 4.79 Å². The Balaban J connectivity index is 1.53. The van der Waals surface area contributed by atoms with E-state index in [-0.39, 0.29) is 5.91 Å². The third kappa shape index (κ3) is 3.65. The second-order valence-electron chi connectivity index (χ2n) is 6.59. The molecule has 0 heterocycles. The quantitative estimate of drug-likeness (QED) is 0.920. The van der Waals surface area contributed by atoms with Crippen molar-refractivity contribution in [2.75, 3.05) is 18.9 Å². The molecule has 0 unspecified atom stereocenters. The molecule has 1 amide bonds. The van der Waals surface area contributed by atoms with Crippen LogP contribution in [0.2, 0.25) is 0 Å². The molecular weight excluding hydrogens is 260 g/mol. The Kier molecular flexibility index (Phi) is 4.59. The molecule has 0 aromatic heterocycles. The van der Waals surface area contributed by atoms with Crippen molar-refractivity contribution in [2.24, 2.45) is 0 Å². The largest absolute Gasteiger partial charge is 0.325 e. The lowest BCUT2D eigenvalue weighted by Crippen LogP contribution is -2.39. The lowest BCUT2D eigenvalue weighted by Gasteiger charge is -2.30. The number of nitrogens with one attached hydrogen (secondary N) is 1. The number of benzene rings is 1. The summed E-state index contributed by atoms with van der Waals surface area (Å²) in [6.45, 7) is 0.502. The number of amides is 1. The third-order valence-corrected chi connectivity index (χ3v) is 4.97. The number of fused-ring (bicyclic) bond motifs is 1. The van der Waals surface area contributed by atoms with Gasteiger partial charge in [-0.1, -0.05) is 25.3 Å².